The topological polar surface area (TPSA) is 53.1 Å². The molecule has 0 atom stereocenters. The largest absolute Gasteiger partial charge is 0.505 e. The SMILES string of the molecule is O=c1cc(C(F)F)c(O)c(I)[nH]1. The second-order valence-electron chi connectivity index (χ2n) is 2.05. The lowest BCUT2D eigenvalue weighted by Gasteiger charge is -2.03. The lowest BCUT2D eigenvalue weighted by atomic mass is 10.2. The van der Waals surface area contributed by atoms with E-state index in [-0.39, 0.29) is 3.70 Å². The van der Waals surface area contributed by atoms with Crippen LogP contribution in [0.3, 0.4) is 0 Å². The Morgan fingerprint density at radius 2 is 2.17 bits per heavy atom. The van der Waals surface area contributed by atoms with Gasteiger partial charge >= 0.3 is 0 Å². The van der Waals surface area contributed by atoms with E-state index >= 15 is 0 Å². The smallest absolute Gasteiger partial charge is 0.267 e. The lowest BCUT2D eigenvalue weighted by molar-refractivity contribution is 0.147. The molecule has 0 fully saturated rings. The normalized spacial score (nSPS) is 10.7. The molecule has 0 radical (unpaired) electrons. The average Bonchev–Trinajstić information content (AvgIpc) is 1.96. The molecule has 1 rings (SSSR count). The number of halogens is 3. The summed E-state index contributed by atoms with van der Waals surface area (Å²) in [4.78, 5) is 12.8. The fraction of sp³-hybridized carbons (Fsp3) is 0.167. The highest BCUT2D eigenvalue weighted by Crippen LogP contribution is 2.28. The monoisotopic (exact) mass is 287 g/mol. The van der Waals surface area contributed by atoms with Crippen LogP contribution in [0.5, 0.6) is 5.75 Å². The molecule has 0 unspecified atom stereocenters. The maximum absolute atomic E-state index is 12.1. The molecule has 0 aliphatic rings. The minimum Gasteiger partial charge on any atom is -0.505 e. The van der Waals surface area contributed by atoms with Crippen molar-refractivity contribution in [3.63, 3.8) is 0 Å². The third-order valence-electron chi connectivity index (χ3n) is 1.24. The molecule has 0 aliphatic heterocycles. The van der Waals surface area contributed by atoms with Crippen LogP contribution < -0.4 is 5.56 Å². The highest BCUT2D eigenvalue weighted by atomic mass is 127. The Morgan fingerprint density at radius 3 is 2.67 bits per heavy atom. The molecule has 0 amide bonds. The fourth-order valence-corrected chi connectivity index (χ4v) is 1.28. The molecule has 1 aromatic rings. The quantitative estimate of drug-likeness (QED) is 0.609. The summed E-state index contributed by atoms with van der Waals surface area (Å²) in [5, 5.41) is 9.03. The number of aromatic amines is 1. The minimum absolute atomic E-state index is 0.0235. The van der Waals surface area contributed by atoms with Crippen molar-refractivity contribution >= 4 is 22.6 Å². The van der Waals surface area contributed by atoms with Crippen LogP contribution in [0.1, 0.15) is 12.0 Å². The van der Waals surface area contributed by atoms with Crippen molar-refractivity contribution in [1.82, 2.24) is 4.98 Å². The molecular formula is C6H4F2INO2. The first kappa shape index (κ1) is 9.43. The summed E-state index contributed by atoms with van der Waals surface area (Å²) in [6.07, 6.45) is -2.83. The van der Waals surface area contributed by atoms with Crippen LogP contribution in [0.25, 0.3) is 0 Å². The molecule has 0 aliphatic carbocycles. The van der Waals surface area contributed by atoms with Gasteiger partial charge in [-0.15, -0.1) is 0 Å². The predicted molar refractivity (Wildman–Crippen MR) is 46.4 cm³/mol. The van der Waals surface area contributed by atoms with Crippen molar-refractivity contribution in [2.45, 2.75) is 6.43 Å². The van der Waals surface area contributed by atoms with Crippen molar-refractivity contribution < 1.29 is 13.9 Å². The van der Waals surface area contributed by atoms with Gasteiger partial charge in [-0.25, -0.2) is 8.78 Å². The molecule has 2 N–H and O–H groups in total. The summed E-state index contributed by atoms with van der Waals surface area (Å²) in [5.74, 6) is -0.565. The first-order valence-corrected chi connectivity index (χ1v) is 4.00. The number of H-pyrrole nitrogens is 1. The molecule has 6 heteroatoms. The predicted octanol–water partition coefficient (Wildman–Crippen LogP) is 1.62. The molecule has 0 saturated carbocycles. The van der Waals surface area contributed by atoms with Crippen molar-refractivity contribution in [2.24, 2.45) is 0 Å². The van der Waals surface area contributed by atoms with Crippen LogP contribution in [0, 0.1) is 3.70 Å². The number of pyridine rings is 1. The molecule has 3 nitrogen and oxygen atoms in total. The van der Waals surface area contributed by atoms with E-state index in [9.17, 15) is 13.6 Å². The maximum atomic E-state index is 12.1. The minimum atomic E-state index is -2.83. The lowest BCUT2D eigenvalue weighted by Crippen LogP contribution is -2.08. The Kier molecular flexibility index (Phi) is 2.65. The van der Waals surface area contributed by atoms with Gasteiger partial charge in [-0.1, -0.05) is 0 Å². The molecule has 0 saturated heterocycles. The Hall–Kier alpha value is -0.660. The third kappa shape index (κ3) is 1.74. The molecular weight excluding hydrogens is 283 g/mol. The van der Waals surface area contributed by atoms with Crippen LogP contribution in [0.4, 0.5) is 8.78 Å². The fourth-order valence-electron chi connectivity index (χ4n) is 0.706. The van der Waals surface area contributed by atoms with Gasteiger partial charge < -0.3 is 10.1 Å². The van der Waals surface area contributed by atoms with Crippen LogP contribution in [-0.2, 0) is 0 Å². The van der Waals surface area contributed by atoms with Gasteiger partial charge in [-0.05, 0) is 22.6 Å². The summed E-state index contributed by atoms with van der Waals surface area (Å²) in [6, 6.07) is 0.683. The zero-order valence-electron chi connectivity index (χ0n) is 5.64. The van der Waals surface area contributed by atoms with E-state index in [0.29, 0.717) is 6.07 Å². The number of aromatic hydroxyl groups is 1. The summed E-state index contributed by atoms with van der Waals surface area (Å²) >= 11 is 1.57. The third-order valence-corrected chi connectivity index (χ3v) is 2.02. The Balaban J connectivity index is 3.38. The summed E-state index contributed by atoms with van der Waals surface area (Å²) < 4.78 is 24.2. The van der Waals surface area contributed by atoms with E-state index in [2.05, 4.69) is 4.98 Å². The maximum Gasteiger partial charge on any atom is 0.267 e. The van der Waals surface area contributed by atoms with Crippen LogP contribution >= 0.6 is 22.6 Å². The van der Waals surface area contributed by atoms with Gasteiger partial charge in [0.2, 0.25) is 5.56 Å². The standard InChI is InChI=1S/C6H4F2INO2/c7-5(8)2-1-3(11)10-6(9)4(2)12/h1,5,12H,(H,10,11). The molecule has 0 aromatic carbocycles. The Labute approximate surface area is 79.6 Å². The number of rotatable bonds is 1. The first-order chi connectivity index (χ1) is 5.52. The Morgan fingerprint density at radius 1 is 1.58 bits per heavy atom. The van der Waals surface area contributed by atoms with E-state index < -0.39 is 23.3 Å². The van der Waals surface area contributed by atoms with E-state index in [0.717, 1.165) is 0 Å². The number of aromatic nitrogens is 1. The van der Waals surface area contributed by atoms with Crippen molar-refractivity contribution in [3.8, 4) is 5.75 Å². The second kappa shape index (κ2) is 3.38. The van der Waals surface area contributed by atoms with Crippen molar-refractivity contribution in [2.75, 3.05) is 0 Å². The van der Waals surface area contributed by atoms with Crippen LogP contribution in [0.2, 0.25) is 0 Å². The summed E-state index contributed by atoms with van der Waals surface area (Å²) in [6.45, 7) is 0. The van der Waals surface area contributed by atoms with Gasteiger partial charge in [-0.3, -0.25) is 4.79 Å². The van der Waals surface area contributed by atoms with Crippen molar-refractivity contribution in [1.29, 1.82) is 0 Å². The zero-order valence-corrected chi connectivity index (χ0v) is 7.80. The van der Waals surface area contributed by atoms with E-state index in [1.165, 1.54) is 0 Å². The van der Waals surface area contributed by atoms with E-state index in [1.54, 1.807) is 22.6 Å². The van der Waals surface area contributed by atoms with Gasteiger partial charge in [0.15, 0.2) is 5.75 Å². The first-order valence-electron chi connectivity index (χ1n) is 2.92. The van der Waals surface area contributed by atoms with E-state index in [4.69, 9.17) is 5.11 Å². The van der Waals surface area contributed by atoms with Crippen LogP contribution in [-0.4, -0.2) is 10.1 Å². The number of alkyl halides is 2. The summed E-state index contributed by atoms with van der Waals surface area (Å²) in [7, 11) is 0. The van der Waals surface area contributed by atoms with E-state index in [1.807, 2.05) is 0 Å². The highest BCUT2D eigenvalue weighted by molar-refractivity contribution is 14.1. The Bertz CT molecular complexity index is 350. The van der Waals surface area contributed by atoms with Gasteiger partial charge in [0.25, 0.3) is 6.43 Å². The number of nitrogens with one attached hydrogen (secondary N) is 1. The molecule has 0 spiro atoms. The molecule has 12 heavy (non-hydrogen) atoms. The van der Waals surface area contributed by atoms with Gasteiger partial charge in [0.1, 0.15) is 3.70 Å². The molecule has 0 bridgehead atoms. The highest BCUT2D eigenvalue weighted by Gasteiger charge is 2.15. The van der Waals surface area contributed by atoms with Gasteiger partial charge in [0.05, 0.1) is 5.56 Å². The number of hydrogen-bond donors (Lipinski definition) is 2. The average molecular weight is 287 g/mol. The molecule has 1 heterocycles. The van der Waals surface area contributed by atoms with Crippen molar-refractivity contribution in [3.05, 3.63) is 25.7 Å². The van der Waals surface area contributed by atoms with Crippen LogP contribution in [0.15, 0.2) is 10.9 Å². The van der Waals surface area contributed by atoms with Gasteiger partial charge in [-0.2, -0.15) is 0 Å². The summed E-state index contributed by atoms with van der Waals surface area (Å²) in [5.41, 5.74) is -1.28. The zero-order chi connectivity index (χ0) is 9.30. The number of hydrogen-bond acceptors (Lipinski definition) is 2. The molecule has 66 valence electrons. The van der Waals surface area contributed by atoms with Gasteiger partial charge in [0, 0.05) is 6.07 Å². The molecule has 1 aromatic heterocycles. The second-order valence-corrected chi connectivity index (χ2v) is 3.13.